The molecular formula is C22H29FN4O3. The third-order valence-corrected chi connectivity index (χ3v) is 7.16. The van der Waals surface area contributed by atoms with E-state index in [4.69, 9.17) is 4.74 Å². The molecule has 2 amide bonds. The van der Waals surface area contributed by atoms with Crippen LogP contribution in [0.2, 0.25) is 0 Å². The van der Waals surface area contributed by atoms with Crippen molar-refractivity contribution in [2.24, 2.45) is 0 Å². The van der Waals surface area contributed by atoms with Crippen LogP contribution in [0.15, 0.2) is 12.1 Å². The Morgan fingerprint density at radius 1 is 1.27 bits per heavy atom. The summed E-state index contributed by atoms with van der Waals surface area (Å²) in [5.74, 6) is -0.292. The Morgan fingerprint density at radius 2 is 2.13 bits per heavy atom. The first-order chi connectivity index (χ1) is 14.5. The van der Waals surface area contributed by atoms with E-state index < -0.39 is 6.04 Å². The normalized spacial score (nSPS) is 31.0. The van der Waals surface area contributed by atoms with E-state index in [0.717, 1.165) is 50.0 Å². The van der Waals surface area contributed by atoms with Gasteiger partial charge in [0.05, 0.1) is 6.04 Å². The molecular weight excluding hydrogens is 387 g/mol. The molecule has 3 heterocycles. The van der Waals surface area contributed by atoms with Crippen molar-refractivity contribution in [1.82, 2.24) is 15.1 Å². The van der Waals surface area contributed by atoms with Gasteiger partial charge < -0.3 is 15.4 Å². The fraction of sp³-hybridized carbons (Fsp3) is 0.636. The van der Waals surface area contributed by atoms with E-state index in [0.29, 0.717) is 31.2 Å². The number of cyclic esters (lactones) is 1. The Balaban J connectivity index is 1.17. The summed E-state index contributed by atoms with van der Waals surface area (Å²) in [4.78, 5) is 28.9. The lowest BCUT2D eigenvalue weighted by Gasteiger charge is -2.43. The van der Waals surface area contributed by atoms with E-state index in [1.807, 2.05) is 11.8 Å². The van der Waals surface area contributed by atoms with Crippen molar-refractivity contribution in [2.75, 3.05) is 31.6 Å². The quantitative estimate of drug-likeness (QED) is 0.789. The lowest BCUT2D eigenvalue weighted by molar-refractivity contribution is -0.122. The number of nitrogens with zero attached hydrogens (tertiary/aromatic N) is 2. The average Bonchev–Trinajstić information content (AvgIpc) is 3.36. The van der Waals surface area contributed by atoms with Crippen LogP contribution >= 0.6 is 0 Å². The van der Waals surface area contributed by atoms with Crippen LogP contribution in [0.4, 0.5) is 14.9 Å². The number of anilines is 1. The SMILES string of the molecule is Cc1ccc(F)c2c1NC(C(=O)N[C@@H]1CCC[C@H](N3CCN4C(=O)OC[C@@H]4C3)C1)C2. The molecule has 0 aromatic heterocycles. The number of ether oxygens (including phenoxy) is 1. The average molecular weight is 416 g/mol. The van der Waals surface area contributed by atoms with Crippen LogP contribution in [0.1, 0.15) is 36.8 Å². The summed E-state index contributed by atoms with van der Waals surface area (Å²) in [6.07, 6.45) is 4.28. The number of amides is 2. The smallest absolute Gasteiger partial charge is 0.410 e. The van der Waals surface area contributed by atoms with Gasteiger partial charge in [0.2, 0.25) is 5.91 Å². The second kappa shape index (κ2) is 7.72. The molecule has 1 unspecified atom stereocenters. The number of carbonyl (C=O) groups excluding carboxylic acids is 2. The van der Waals surface area contributed by atoms with Crippen molar-refractivity contribution in [3.8, 4) is 0 Å². The van der Waals surface area contributed by atoms with Crippen molar-refractivity contribution in [3.05, 3.63) is 29.1 Å². The number of nitrogens with one attached hydrogen (secondary N) is 2. The van der Waals surface area contributed by atoms with Crippen molar-refractivity contribution in [3.63, 3.8) is 0 Å². The lowest BCUT2D eigenvalue weighted by Crippen LogP contribution is -2.57. The number of benzene rings is 1. The minimum absolute atomic E-state index is 0.0461. The first-order valence-corrected chi connectivity index (χ1v) is 11.0. The van der Waals surface area contributed by atoms with Crippen LogP contribution in [-0.2, 0) is 16.0 Å². The monoisotopic (exact) mass is 416 g/mol. The number of hydrogen-bond donors (Lipinski definition) is 2. The summed E-state index contributed by atoms with van der Waals surface area (Å²) in [6, 6.07) is 3.50. The Labute approximate surface area is 175 Å². The zero-order valence-corrected chi connectivity index (χ0v) is 17.3. The van der Waals surface area contributed by atoms with Gasteiger partial charge in [0.15, 0.2) is 0 Å². The number of halogens is 1. The summed E-state index contributed by atoms with van der Waals surface area (Å²) in [7, 11) is 0. The number of carbonyl (C=O) groups is 2. The molecule has 1 aromatic carbocycles. The third kappa shape index (κ3) is 3.51. The second-order valence-electron chi connectivity index (χ2n) is 9.06. The molecule has 2 N–H and O–H groups in total. The van der Waals surface area contributed by atoms with E-state index in [2.05, 4.69) is 15.5 Å². The topological polar surface area (TPSA) is 73.9 Å². The zero-order chi connectivity index (χ0) is 20.8. The van der Waals surface area contributed by atoms with Gasteiger partial charge in [0.1, 0.15) is 18.5 Å². The first-order valence-electron chi connectivity index (χ1n) is 11.0. The predicted octanol–water partition coefficient (Wildman–Crippen LogP) is 2.03. The molecule has 8 heteroatoms. The Kier molecular flexibility index (Phi) is 5.05. The molecule has 7 nitrogen and oxygen atoms in total. The fourth-order valence-electron chi connectivity index (χ4n) is 5.50. The molecule has 1 aliphatic carbocycles. The number of rotatable bonds is 3. The van der Waals surface area contributed by atoms with Gasteiger partial charge in [0.25, 0.3) is 0 Å². The maximum Gasteiger partial charge on any atom is 0.410 e. The van der Waals surface area contributed by atoms with Crippen LogP contribution in [0.25, 0.3) is 0 Å². The highest BCUT2D eigenvalue weighted by Crippen LogP contribution is 2.32. The highest BCUT2D eigenvalue weighted by atomic mass is 19.1. The van der Waals surface area contributed by atoms with Gasteiger partial charge in [-0.1, -0.05) is 6.07 Å². The molecule has 0 radical (unpaired) electrons. The number of piperazine rings is 1. The number of fused-ring (bicyclic) bond motifs is 2. The third-order valence-electron chi connectivity index (χ3n) is 7.16. The molecule has 3 fully saturated rings. The molecule has 4 aliphatic rings. The molecule has 30 heavy (non-hydrogen) atoms. The van der Waals surface area contributed by atoms with Gasteiger partial charge in [-0.05, 0) is 44.2 Å². The van der Waals surface area contributed by atoms with E-state index >= 15 is 0 Å². The zero-order valence-electron chi connectivity index (χ0n) is 17.3. The molecule has 1 aromatic rings. The van der Waals surface area contributed by atoms with E-state index in [1.165, 1.54) is 6.07 Å². The molecule has 3 aliphatic heterocycles. The highest BCUT2D eigenvalue weighted by molar-refractivity contribution is 5.88. The molecule has 1 saturated carbocycles. The summed E-state index contributed by atoms with van der Waals surface area (Å²) in [5, 5.41) is 6.44. The minimum Gasteiger partial charge on any atom is -0.447 e. The minimum atomic E-state index is -0.416. The van der Waals surface area contributed by atoms with Crippen molar-refractivity contribution in [2.45, 2.75) is 63.2 Å². The Hall–Kier alpha value is -2.35. The van der Waals surface area contributed by atoms with Crippen LogP contribution in [0.5, 0.6) is 0 Å². The van der Waals surface area contributed by atoms with Crippen molar-refractivity contribution >= 4 is 17.7 Å². The number of hydrogen-bond acceptors (Lipinski definition) is 5. The van der Waals surface area contributed by atoms with Crippen LogP contribution < -0.4 is 10.6 Å². The highest BCUT2D eigenvalue weighted by Gasteiger charge is 2.40. The van der Waals surface area contributed by atoms with Gasteiger partial charge in [-0.2, -0.15) is 0 Å². The number of aryl methyl sites for hydroxylation is 1. The van der Waals surface area contributed by atoms with Gasteiger partial charge in [-0.15, -0.1) is 0 Å². The molecule has 5 rings (SSSR count). The summed E-state index contributed by atoms with van der Waals surface area (Å²) in [6.45, 7) is 4.82. The Morgan fingerprint density at radius 3 is 2.97 bits per heavy atom. The standard InChI is InChI=1S/C22H29FN4O3/c1-13-5-6-18(23)17-10-19(25-20(13)17)21(28)24-14-3-2-4-15(9-14)26-7-8-27-16(11-26)12-30-22(27)29/h5-6,14-16,19,25H,2-4,7-12H2,1H3,(H,24,28)/t14-,15+,16+,19?/m1/s1. The van der Waals surface area contributed by atoms with Gasteiger partial charge in [0, 0.05) is 49.4 Å². The molecule has 0 bridgehead atoms. The molecule has 0 spiro atoms. The van der Waals surface area contributed by atoms with Crippen LogP contribution in [-0.4, -0.2) is 72.2 Å². The van der Waals surface area contributed by atoms with Crippen molar-refractivity contribution < 1.29 is 18.7 Å². The first kappa shape index (κ1) is 19.6. The maximum absolute atomic E-state index is 14.1. The molecule has 162 valence electrons. The lowest BCUT2D eigenvalue weighted by atomic mass is 9.89. The largest absolute Gasteiger partial charge is 0.447 e. The van der Waals surface area contributed by atoms with E-state index in [9.17, 15) is 14.0 Å². The maximum atomic E-state index is 14.1. The second-order valence-corrected chi connectivity index (χ2v) is 9.06. The molecule has 4 atom stereocenters. The van der Waals surface area contributed by atoms with Gasteiger partial charge >= 0.3 is 6.09 Å². The molecule has 2 saturated heterocycles. The van der Waals surface area contributed by atoms with Crippen LogP contribution in [0.3, 0.4) is 0 Å². The van der Waals surface area contributed by atoms with E-state index in [1.54, 1.807) is 6.07 Å². The van der Waals surface area contributed by atoms with E-state index in [-0.39, 0.29) is 29.9 Å². The fourth-order valence-corrected chi connectivity index (χ4v) is 5.50. The van der Waals surface area contributed by atoms with Gasteiger partial charge in [-0.3, -0.25) is 14.6 Å². The summed E-state index contributed by atoms with van der Waals surface area (Å²) < 4.78 is 19.3. The van der Waals surface area contributed by atoms with Crippen LogP contribution in [0, 0.1) is 12.7 Å². The van der Waals surface area contributed by atoms with Gasteiger partial charge in [-0.25, -0.2) is 9.18 Å². The summed E-state index contributed by atoms with van der Waals surface area (Å²) >= 11 is 0. The summed E-state index contributed by atoms with van der Waals surface area (Å²) in [5.41, 5.74) is 2.35. The predicted molar refractivity (Wildman–Crippen MR) is 110 cm³/mol. The Bertz CT molecular complexity index is 832. The van der Waals surface area contributed by atoms with Crippen molar-refractivity contribution in [1.29, 1.82) is 0 Å².